The first kappa shape index (κ1) is 29.5. The number of amides is 1. The van der Waals surface area contributed by atoms with E-state index in [0.29, 0.717) is 48.0 Å². The van der Waals surface area contributed by atoms with E-state index >= 15 is 0 Å². The fraction of sp³-hybridized carbons (Fsp3) is 0.222. The summed E-state index contributed by atoms with van der Waals surface area (Å²) in [4.78, 5) is 28.5. The monoisotopic (exact) mass is 577 g/mol. The number of nitrogens with zero attached hydrogens (tertiary/aromatic N) is 1. The number of aliphatic hydroxyl groups is 1. The molecule has 0 bridgehead atoms. The van der Waals surface area contributed by atoms with Gasteiger partial charge in [-0.1, -0.05) is 73.7 Å². The second-order valence-corrected chi connectivity index (χ2v) is 10.3. The van der Waals surface area contributed by atoms with E-state index in [9.17, 15) is 14.7 Å². The number of aliphatic hydroxyl groups excluding tert-OH is 1. The molecule has 0 aliphatic carbocycles. The molecule has 1 fully saturated rings. The molecule has 43 heavy (non-hydrogen) atoms. The van der Waals surface area contributed by atoms with Gasteiger partial charge in [-0.15, -0.1) is 0 Å². The number of methoxy groups -OCH3 is 1. The molecule has 4 aromatic carbocycles. The van der Waals surface area contributed by atoms with Gasteiger partial charge in [0.15, 0.2) is 11.5 Å². The van der Waals surface area contributed by atoms with Gasteiger partial charge in [0.05, 0.1) is 25.3 Å². The minimum atomic E-state index is -0.822. The highest BCUT2D eigenvalue weighted by Gasteiger charge is 2.46. The standard InChI is InChI=1S/C36H35NO6/c1-3-22-42-29-17-14-27(15-18-29)34(38)32-33(37(36(40)35(32)39)21-20-25-10-6-4-7-11-25)28-16-19-30(31(23-28)41-2)43-24-26-12-8-5-9-13-26/h4-19,23,33,38H,3,20-22,24H2,1-2H3/b34-32+. The van der Waals surface area contributed by atoms with Crippen molar-refractivity contribution >= 4 is 17.4 Å². The normalized spacial score (nSPS) is 15.9. The number of benzene rings is 4. The van der Waals surface area contributed by atoms with Crippen LogP contribution in [0.15, 0.2) is 109 Å². The van der Waals surface area contributed by atoms with Crippen LogP contribution in [0.5, 0.6) is 17.2 Å². The van der Waals surface area contributed by atoms with Crippen molar-refractivity contribution in [2.45, 2.75) is 32.4 Å². The Kier molecular flexibility index (Phi) is 9.42. The van der Waals surface area contributed by atoms with Crippen molar-refractivity contribution in [3.8, 4) is 17.2 Å². The summed E-state index contributed by atoms with van der Waals surface area (Å²) in [5.41, 5.74) is 3.12. The van der Waals surface area contributed by atoms with Crippen LogP contribution in [-0.4, -0.2) is 42.0 Å². The first-order chi connectivity index (χ1) is 21.0. The van der Waals surface area contributed by atoms with Crippen LogP contribution in [0.2, 0.25) is 0 Å². The van der Waals surface area contributed by atoms with Gasteiger partial charge in [-0.3, -0.25) is 9.59 Å². The number of hydrogen-bond donors (Lipinski definition) is 1. The van der Waals surface area contributed by atoms with Gasteiger partial charge in [0, 0.05) is 12.1 Å². The first-order valence-corrected chi connectivity index (χ1v) is 14.4. The Balaban J connectivity index is 1.51. The molecule has 7 heteroatoms. The van der Waals surface area contributed by atoms with Gasteiger partial charge in [-0.05, 0) is 65.9 Å². The van der Waals surface area contributed by atoms with Crippen LogP contribution in [0.4, 0.5) is 0 Å². The molecule has 0 saturated carbocycles. The second-order valence-electron chi connectivity index (χ2n) is 10.3. The van der Waals surface area contributed by atoms with E-state index in [1.807, 2.05) is 73.7 Å². The Bertz CT molecular complexity index is 1580. The molecule has 1 unspecified atom stereocenters. The van der Waals surface area contributed by atoms with Crippen molar-refractivity contribution in [3.63, 3.8) is 0 Å². The Morgan fingerprint density at radius 1 is 0.814 bits per heavy atom. The van der Waals surface area contributed by atoms with Crippen LogP contribution in [-0.2, 0) is 22.6 Å². The van der Waals surface area contributed by atoms with Gasteiger partial charge in [-0.2, -0.15) is 0 Å². The molecule has 4 aromatic rings. The lowest BCUT2D eigenvalue weighted by Crippen LogP contribution is -2.31. The minimum absolute atomic E-state index is 0.0281. The van der Waals surface area contributed by atoms with Crippen LogP contribution in [0.1, 0.15) is 41.6 Å². The maximum Gasteiger partial charge on any atom is 0.295 e. The summed E-state index contributed by atoms with van der Waals surface area (Å²) in [5, 5.41) is 11.5. The van der Waals surface area contributed by atoms with Crippen LogP contribution >= 0.6 is 0 Å². The van der Waals surface area contributed by atoms with Crippen LogP contribution < -0.4 is 14.2 Å². The fourth-order valence-electron chi connectivity index (χ4n) is 5.14. The summed E-state index contributed by atoms with van der Waals surface area (Å²) in [6.45, 7) is 3.23. The average molecular weight is 578 g/mol. The molecule has 220 valence electrons. The van der Waals surface area contributed by atoms with Crippen molar-refractivity contribution in [2.24, 2.45) is 0 Å². The summed E-state index contributed by atoms with van der Waals surface area (Å²) in [5.74, 6) is 0.0163. The van der Waals surface area contributed by atoms with Gasteiger partial charge >= 0.3 is 0 Å². The first-order valence-electron chi connectivity index (χ1n) is 14.4. The molecule has 5 rings (SSSR count). The lowest BCUT2D eigenvalue weighted by molar-refractivity contribution is -0.139. The van der Waals surface area contributed by atoms with Crippen molar-refractivity contribution in [2.75, 3.05) is 20.3 Å². The van der Waals surface area contributed by atoms with E-state index in [-0.39, 0.29) is 17.9 Å². The summed E-state index contributed by atoms with van der Waals surface area (Å²) in [6.07, 6.45) is 1.41. The smallest absolute Gasteiger partial charge is 0.295 e. The predicted octanol–water partition coefficient (Wildman–Crippen LogP) is 6.73. The molecule has 7 nitrogen and oxygen atoms in total. The molecular formula is C36H35NO6. The molecule has 0 radical (unpaired) electrons. The highest BCUT2D eigenvalue weighted by Crippen LogP contribution is 2.42. The van der Waals surface area contributed by atoms with E-state index in [4.69, 9.17) is 14.2 Å². The zero-order valence-corrected chi connectivity index (χ0v) is 24.4. The largest absolute Gasteiger partial charge is 0.507 e. The van der Waals surface area contributed by atoms with Crippen molar-refractivity contribution in [1.82, 2.24) is 4.90 Å². The highest BCUT2D eigenvalue weighted by atomic mass is 16.5. The van der Waals surface area contributed by atoms with Crippen LogP contribution in [0.25, 0.3) is 5.76 Å². The molecule has 1 aliphatic heterocycles. The third-order valence-electron chi connectivity index (χ3n) is 7.37. The van der Waals surface area contributed by atoms with Crippen LogP contribution in [0.3, 0.4) is 0 Å². The molecule has 1 heterocycles. The zero-order valence-electron chi connectivity index (χ0n) is 24.4. The number of carbonyl (C=O) groups excluding carboxylic acids is 2. The number of hydrogen-bond acceptors (Lipinski definition) is 6. The number of Topliss-reactive ketones (excluding diaryl/α,β-unsaturated/α-hetero) is 1. The molecule has 0 spiro atoms. The van der Waals surface area contributed by atoms with Crippen LogP contribution in [0, 0.1) is 0 Å². The topological polar surface area (TPSA) is 85.3 Å². The Labute approximate surface area is 252 Å². The van der Waals surface area contributed by atoms with Gasteiger partial charge in [0.1, 0.15) is 18.1 Å². The average Bonchev–Trinajstić information content (AvgIpc) is 3.31. The molecular weight excluding hydrogens is 542 g/mol. The number of ether oxygens (including phenoxy) is 3. The lowest BCUT2D eigenvalue weighted by atomic mass is 9.94. The molecule has 0 aromatic heterocycles. The maximum atomic E-state index is 13.5. The number of rotatable bonds is 12. The summed E-state index contributed by atoms with van der Waals surface area (Å²) >= 11 is 0. The second kappa shape index (κ2) is 13.7. The number of ketones is 1. The van der Waals surface area contributed by atoms with Gasteiger partial charge in [0.25, 0.3) is 11.7 Å². The van der Waals surface area contributed by atoms with E-state index < -0.39 is 17.7 Å². The van der Waals surface area contributed by atoms with E-state index in [0.717, 1.165) is 17.5 Å². The van der Waals surface area contributed by atoms with E-state index in [1.165, 1.54) is 4.90 Å². The Morgan fingerprint density at radius 2 is 1.49 bits per heavy atom. The lowest BCUT2D eigenvalue weighted by Gasteiger charge is -2.26. The highest BCUT2D eigenvalue weighted by molar-refractivity contribution is 6.46. The molecule has 1 aliphatic rings. The van der Waals surface area contributed by atoms with Crippen molar-refractivity contribution in [1.29, 1.82) is 0 Å². The summed E-state index contributed by atoms with van der Waals surface area (Å²) in [6, 6.07) is 31.0. The fourth-order valence-corrected chi connectivity index (χ4v) is 5.14. The Morgan fingerprint density at radius 3 is 2.14 bits per heavy atom. The third-order valence-corrected chi connectivity index (χ3v) is 7.37. The molecule has 1 saturated heterocycles. The number of likely N-dealkylation sites (tertiary alicyclic amines) is 1. The van der Waals surface area contributed by atoms with E-state index in [1.54, 1.807) is 43.5 Å². The SMILES string of the molecule is CCCOc1ccc(/C(O)=C2\C(=O)C(=O)N(CCc3ccccc3)C2c2ccc(OCc3ccccc3)c(OC)c2)cc1. The molecule has 1 atom stereocenters. The van der Waals surface area contributed by atoms with E-state index in [2.05, 4.69) is 0 Å². The minimum Gasteiger partial charge on any atom is -0.507 e. The summed E-state index contributed by atoms with van der Waals surface area (Å²) in [7, 11) is 1.54. The van der Waals surface area contributed by atoms with Crippen molar-refractivity contribution < 1.29 is 28.9 Å². The number of carbonyl (C=O) groups is 2. The molecule has 1 amide bonds. The van der Waals surface area contributed by atoms with Gasteiger partial charge < -0.3 is 24.2 Å². The zero-order chi connectivity index (χ0) is 30.2. The Hall–Kier alpha value is -5.04. The quantitative estimate of drug-likeness (QED) is 0.114. The van der Waals surface area contributed by atoms with Gasteiger partial charge in [-0.25, -0.2) is 0 Å². The third kappa shape index (κ3) is 6.72. The van der Waals surface area contributed by atoms with Gasteiger partial charge in [0.2, 0.25) is 0 Å². The van der Waals surface area contributed by atoms with Crippen molar-refractivity contribution in [3.05, 3.63) is 131 Å². The summed E-state index contributed by atoms with van der Waals surface area (Å²) < 4.78 is 17.4. The molecule has 1 N–H and O–H groups in total. The maximum absolute atomic E-state index is 13.5. The predicted molar refractivity (Wildman–Crippen MR) is 165 cm³/mol.